The molecule has 1 aliphatic carbocycles. The van der Waals surface area contributed by atoms with Crippen molar-refractivity contribution in [3.05, 3.63) is 76.6 Å². The molecule has 0 aliphatic heterocycles. The quantitative estimate of drug-likeness (QED) is 0.322. The molecule has 4 aromatic rings. The fourth-order valence-electron chi connectivity index (χ4n) is 6.03. The lowest BCUT2D eigenvalue weighted by Crippen LogP contribution is -2.26. The zero-order valence-electron chi connectivity index (χ0n) is 21.5. The van der Waals surface area contributed by atoms with Crippen LogP contribution in [-0.2, 0) is 30.1 Å². The third-order valence-corrected chi connectivity index (χ3v) is 7.39. The van der Waals surface area contributed by atoms with E-state index in [4.69, 9.17) is 14.7 Å². The predicted molar refractivity (Wildman–Crippen MR) is 142 cm³/mol. The molecule has 0 saturated carbocycles. The SMILES string of the molecule is COc1cc(CC(C)(C)c2c3c(nc4ccccc24)CCCC3)c2cccnc2c1C(C)(C)C. The third-order valence-electron chi connectivity index (χ3n) is 7.39. The van der Waals surface area contributed by atoms with Crippen molar-refractivity contribution in [3.63, 3.8) is 0 Å². The summed E-state index contributed by atoms with van der Waals surface area (Å²) in [5.41, 5.74) is 8.79. The summed E-state index contributed by atoms with van der Waals surface area (Å²) in [5.74, 6) is 0.936. The summed E-state index contributed by atoms with van der Waals surface area (Å²) >= 11 is 0. The molecule has 0 saturated heterocycles. The molecular formula is C31H36N2O. The molecule has 2 aromatic heterocycles. The fraction of sp³-hybridized carbons (Fsp3) is 0.419. The number of hydrogen-bond acceptors (Lipinski definition) is 3. The average molecular weight is 453 g/mol. The van der Waals surface area contributed by atoms with Crippen molar-refractivity contribution in [3.8, 4) is 5.75 Å². The van der Waals surface area contributed by atoms with E-state index in [1.165, 1.54) is 51.6 Å². The molecule has 0 unspecified atom stereocenters. The zero-order chi connectivity index (χ0) is 24.1. The van der Waals surface area contributed by atoms with Crippen LogP contribution >= 0.6 is 0 Å². The second-order valence-electron chi connectivity index (χ2n) is 11.5. The van der Waals surface area contributed by atoms with Crippen molar-refractivity contribution in [1.82, 2.24) is 9.97 Å². The van der Waals surface area contributed by atoms with Gasteiger partial charge in [0, 0.05) is 28.2 Å². The maximum absolute atomic E-state index is 5.95. The van der Waals surface area contributed by atoms with Crippen molar-refractivity contribution in [2.45, 2.75) is 77.6 Å². The van der Waals surface area contributed by atoms with Crippen LogP contribution in [0.1, 0.15) is 75.4 Å². The number of para-hydroxylation sites is 1. The summed E-state index contributed by atoms with van der Waals surface area (Å²) in [6.07, 6.45) is 7.51. The minimum atomic E-state index is -0.0685. The summed E-state index contributed by atoms with van der Waals surface area (Å²) in [7, 11) is 1.78. The van der Waals surface area contributed by atoms with Crippen LogP contribution < -0.4 is 4.74 Å². The molecular weight excluding hydrogens is 416 g/mol. The topological polar surface area (TPSA) is 35.0 Å². The molecule has 5 rings (SSSR count). The molecule has 0 N–H and O–H groups in total. The Morgan fingerprint density at radius 1 is 0.882 bits per heavy atom. The molecule has 176 valence electrons. The van der Waals surface area contributed by atoms with Crippen LogP contribution in [-0.4, -0.2) is 17.1 Å². The van der Waals surface area contributed by atoms with Crippen LogP contribution in [0.15, 0.2) is 48.7 Å². The van der Waals surface area contributed by atoms with E-state index in [1.54, 1.807) is 7.11 Å². The van der Waals surface area contributed by atoms with Gasteiger partial charge in [-0.1, -0.05) is 58.9 Å². The summed E-state index contributed by atoms with van der Waals surface area (Å²) in [4.78, 5) is 9.93. The van der Waals surface area contributed by atoms with E-state index < -0.39 is 0 Å². The highest BCUT2D eigenvalue weighted by molar-refractivity contribution is 5.89. The lowest BCUT2D eigenvalue weighted by molar-refractivity contribution is 0.397. The fourth-order valence-corrected chi connectivity index (χ4v) is 6.03. The molecule has 0 radical (unpaired) electrons. The van der Waals surface area contributed by atoms with Gasteiger partial charge in [0.1, 0.15) is 5.75 Å². The van der Waals surface area contributed by atoms with Gasteiger partial charge in [0.25, 0.3) is 0 Å². The number of fused-ring (bicyclic) bond motifs is 3. The number of pyridine rings is 2. The van der Waals surface area contributed by atoms with Crippen molar-refractivity contribution in [2.24, 2.45) is 0 Å². The standard InChI is InChI=1S/C31H36N2O/c1-30(2,3)28-26(34-6)18-20(21-14-11-17-32-29(21)28)19-31(4,5)27-22-12-7-9-15-24(22)33-25-16-10-8-13-23(25)27/h7,9,11-12,14-15,17-18H,8,10,13,16,19H2,1-6H3. The van der Waals surface area contributed by atoms with Gasteiger partial charge in [0.2, 0.25) is 0 Å². The number of benzene rings is 2. The maximum Gasteiger partial charge on any atom is 0.125 e. The van der Waals surface area contributed by atoms with E-state index in [-0.39, 0.29) is 10.8 Å². The molecule has 3 nitrogen and oxygen atoms in total. The van der Waals surface area contributed by atoms with Gasteiger partial charge in [-0.2, -0.15) is 0 Å². The smallest absolute Gasteiger partial charge is 0.125 e. The highest BCUT2D eigenvalue weighted by Crippen LogP contribution is 2.43. The highest BCUT2D eigenvalue weighted by atomic mass is 16.5. The van der Waals surface area contributed by atoms with Crippen LogP contribution in [0, 0.1) is 0 Å². The average Bonchev–Trinajstić information content (AvgIpc) is 2.81. The summed E-state index contributed by atoms with van der Waals surface area (Å²) in [6, 6.07) is 15.2. The van der Waals surface area contributed by atoms with E-state index in [9.17, 15) is 0 Å². The number of hydrogen-bond donors (Lipinski definition) is 0. The molecule has 2 aromatic carbocycles. The summed E-state index contributed by atoms with van der Waals surface area (Å²) < 4.78 is 5.95. The maximum atomic E-state index is 5.95. The summed E-state index contributed by atoms with van der Waals surface area (Å²) in [6.45, 7) is 11.5. The first-order chi connectivity index (χ1) is 16.2. The van der Waals surface area contributed by atoms with Crippen molar-refractivity contribution >= 4 is 21.8 Å². The van der Waals surface area contributed by atoms with E-state index in [1.807, 2.05) is 6.20 Å². The number of aromatic nitrogens is 2. The molecule has 0 atom stereocenters. The molecule has 3 heteroatoms. The van der Waals surface area contributed by atoms with Gasteiger partial charge < -0.3 is 4.74 Å². The Morgan fingerprint density at radius 2 is 1.62 bits per heavy atom. The monoisotopic (exact) mass is 452 g/mol. The zero-order valence-corrected chi connectivity index (χ0v) is 21.5. The van der Waals surface area contributed by atoms with Crippen LogP contribution in [0.2, 0.25) is 0 Å². The Kier molecular flexibility index (Phi) is 5.62. The molecule has 0 fully saturated rings. The molecule has 0 spiro atoms. The number of ether oxygens (including phenoxy) is 1. The molecule has 2 heterocycles. The van der Waals surface area contributed by atoms with E-state index >= 15 is 0 Å². The predicted octanol–water partition coefficient (Wildman–Crippen LogP) is 7.49. The number of nitrogens with zero attached hydrogens (tertiary/aromatic N) is 2. The van der Waals surface area contributed by atoms with Gasteiger partial charge in [-0.25, -0.2) is 0 Å². The van der Waals surface area contributed by atoms with E-state index in [2.05, 4.69) is 77.1 Å². The Labute approximate surface area is 203 Å². The number of methoxy groups -OCH3 is 1. The van der Waals surface area contributed by atoms with Gasteiger partial charge in [-0.3, -0.25) is 9.97 Å². The van der Waals surface area contributed by atoms with Gasteiger partial charge in [-0.15, -0.1) is 0 Å². The molecule has 0 bridgehead atoms. The van der Waals surface area contributed by atoms with Crippen LogP contribution in [0.25, 0.3) is 21.8 Å². The van der Waals surface area contributed by atoms with E-state index in [0.717, 1.165) is 36.0 Å². The minimum absolute atomic E-state index is 0.0631. The normalized spacial score (nSPS) is 14.4. The summed E-state index contributed by atoms with van der Waals surface area (Å²) in [5, 5.41) is 2.53. The van der Waals surface area contributed by atoms with E-state index in [0.29, 0.717) is 0 Å². The Balaban J connectivity index is 1.72. The van der Waals surface area contributed by atoms with Gasteiger partial charge in [0.05, 0.1) is 18.1 Å². The van der Waals surface area contributed by atoms with Crippen molar-refractivity contribution < 1.29 is 4.74 Å². The Bertz CT molecular complexity index is 1380. The molecule has 34 heavy (non-hydrogen) atoms. The Morgan fingerprint density at radius 3 is 2.38 bits per heavy atom. The molecule has 0 amide bonds. The first-order valence-electron chi connectivity index (χ1n) is 12.6. The van der Waals surface area contributed by atoms with Crippen LogP contribution in [0.4, 0.5) is 0 Å². The van der Waals surface area contributed by atoms with Gasteiger partial charge in [-0.05, 0) is 77.8 Å². The lowest BCUT2D eigenvalue weighted by atomic mass is 9.72. The second-order valence-corrected chi connectivity index (χ2v) is 11.5. The van der Waals surface area contributed by atoms with Gasteiger partial charge in [0.15, 0.2) is 0 Å². The Hall–Kier alpha value is -2.94. The lowest BCUT2D eigenvalue weighted by Gasteiger charge is -2.33. The number of aryl methyl sites for hydroxylation is 1. The minimum Gasteiger partial charge on any atom is -0.496 e. The second kappa shape index (κ2) is 8.37. The largest absolute Gasteiger partial charge is 0.496 e. The van der Waals surface area contributed by atoms with Gasteiger partial charge >= 0.3 is 0 Å². The van der Waals surface area contributed by atoms with Crippen molar-refractivity contribution in [1.29, 1.82) is 0 Å². The molecule has 1 aliphatic rings. The number of rotatable bonds is 4. The van der Waals surface area contributed by atoms with Crippen LogP contribution in [0.5, 0.6) is 5.75 Å². The van der Waals surface area contributed by atoms with Crippen molar-refractivity contribution in [2.75, 3.05) is 7.11 Å². The highest BCUT2D eigenvalue weighted by Gasteiger charge is 2.32. The first kappa shape index (κ1) is 22.8. The van der Waals surface area contributed by atoms with Crippen LogP contribution in [0.3, 0.4) is 0 Å². The first-order valence-corrected chi connectivity index (χ1v) is 12.6. The third kappa shape index (κ3) is 3.85.